The van der Waals surface area contributed by atoms with Crippen molar-refractivity contribution in [3.05, 3.63) is 24.3 Å². The summed E-state index contributed by atoms with van der Waals surface area (Å²) in [5.41, 5.74) is 6.43. The summed E-state index contributed by atoms with van der Waals surface area (Å²) in [6, 6.07) is 7.38. The summed E-state index contributed by atoms with van der Waals surface area (Å²) in [5.74, 6) is 0.670. The highest BCUT2D eigenvalue weighted by atomic mass is 127. The molecule has 12 nitrogen and oxygen atoms in total. The molecule has 240 valence electrons. The van der Waals surface area contributed by atoms with Crippen molar-refractivity contribution in [2.75, 3.05) is 149 Å². The van der Waals surface area contributed by atoms with Gasteiger partial charge in [-0.15, -0.1) is 0 Å². The Balaban J connectivity index is 1.64. The summed E-state index contributed by atoms with van der Waals surface area (Å²) in [6.07, 6.45) is 0. The fraction of sp³-hybridized carbons (Fsp3) is 0.786. The van der Waals surface area contributed by atoms with Crippen LogP contribution in [0.15, 0.2) is 24.3 Å². The standard InChI is InChI=1S/C28H50INO11/c29-5-6-31-7-8-32-9-10-33-11-12-34-13-14-35-15-16-36-17-18-37-19-20-38-21-22-39-23-24-40-25-26-41-28-4-2-1-3-27(28)30/h1-4H,5-26,30H2. The fourth-order valence-corrected chi connectivity index (χ4v) is 3.27. The highest BCUT2D eigenvalue weighted by Gasteiger charge is 1.99. The Kier molecular flexibility index (Phi) is 29.9. The summed E-state index contributed by atoms with van der Waals surface area (Å²) < 4.78 is 61.0. The predicted octanol–water partition coefficient (Wildman–Crippen LogP) is 2.25. The van der Waals surface area contributed by atoms with Crippen LogP contribution in [0.25, 0.3) is 0 Å². The van der Waals surface area contributed by atoms with E-state index in [9.17, 15) is 0 Å². The Labute approximate surface area is 258 Å². The Hall–Kier alpha value is -0.850. The number of anilines is 1. The maximum Gasteiger partial charge on any atom is 0.142 e. The molecule has 0 unspecified atom stereocenters. The van der Waals surface area contributed by atoms with Crippen LogP contribution >= 0.6 is 22.6 Å². The van der Waals surface area contributed by atoms with Crippen molar-refractivity contribution in [1.82, 2.24) is 0 Å². The van der Waals surface area contributed by atoms with Gasteiger partial charge in [-0.05, 0) is 12.1 Å². The van der Waals surface area contributed by atoms with Gasteiger partial charge in [0.1, 0.15) is 12.4 Å². The number of rotatable bonds is 33. The van der Waals surface area contributed by atoms with Crippen molar-refractivity contribution < 1.29 is 52.1 Å². The van der Waals surface area contributed by atoms with Gasteiger partial charge in [-0.25, -0.2) is 0 Å². The highest BCUT2D eigenvalue weighted by Crippen LogP contribution is 2.19. The molecule has 0 heterocycles. The molecule has 2 N–H and O–H groups in total. The minimum Gasteiger partial charge on any atom is -0.489 e. The first-order valence-electron chi connectivity index (χ1n) is 14.1. The maximum atomic E-state index is 5.81. The molecule has 0 fully saturated rings. The van der Waals surface area contributed by atoms with E-state index in [2.05, 4.69) is 22.6 Å². The van der Waals surface area contributed by atoms with Crippen molar-refractivity contribution >= 4 is 28.3 Å². The third kappa shape index (κ3) is 27.7. The summed E-state index contributed by atoms with van der Waals surface area (Å²) in [5, 5.41) is 0. The molecule has 0 aliphatic heterocycles. The topological polar surface area (TPSA) is 128 Å². The molecule has 1 rings (SSSR count). The SMILES string of the molecule is Nc1ccccc1OCCOCCOCCOCCOCCOCCOCCOCCOCCOCCOCCI. The van der Waals surface area contributed by atoms with Crippen molar-refractivity contribution in [2.24, 2.45) is 0 Å². The number of halogens is 1. The molecule has 0 saturated carbocycles. The summed E-state index contributed by atoms with van der Waals surface area (Å²) in [4.78, 5) is 0. The zero-order valence-corrected chi connectivity index (χ0v) is 26.5. The van der Waals surface area contributed by atoms with E-state index in [4.69, 9.17) is 57.8 Å². The molecule has 0 radical (unpaired) electrons. The van der Waals surface area contributed by atoms with Crippen LogP contribution < -0.4 is 10.5 Å². The average molecular weight is 704 g/mol. The third-order valence-corrected chi connectivity index (χ3v) is 5.41. The lowest BCUT2D eigenvalue weighted by atomic mass is 10.3. The van der Waals surface area contributed by atoms with E-state index < -0.39 is 0 Å². The summed E-state index contributed by atoms with van der Waals surface area (Å²) >= 11 is 2.28. The van der Waals surface area contributed by atoms with Crippen molar-refractivity contribution in [3.8, 4) is 5.75 Å². The van der Waals surface area contributed by atoms with Crippen LogP contribution in [-0.2, 0) is 47.4 Å². The van der Waals surface area contributed by atoms with Crippen LogP contribution in [0.1, 0.15) is 0 Å². The van der Waals surface area contributed by atoms with Gasteiger partial charge in [0.2, 0.25) is 0 Å². The number of hydrogen-bond donors (Lipinski definition) is 1. The largest absolute Gasteiger partial charge is 0.489 e. The molecule has 0 aromatic heterocycles. The Morgan fingerprint density at radius 2 is 0.659 bits per heavy atom. The minimum absolute atomic E-state index is 0.441. The molecule has 0 spiro atoms. The van der Waals surface area contributed by atoms with E-state index in [0.29, 0.717) is 144 Å². The van der Waals surface area contributed by atoms with Gasteiger partial charge in [-0.2, -0.15) is 0 Å². The first-order chi connectivity index (χ1) is 20.3. The van der Waals surface area contributed by atoms with Gasteiger partial charge in [0.15, 0.2) is 0 Å². The Morgan fingerprint density at radius 3 is 0.951 bits per heavy atom. The van der Waals surface area contributed by atoms with Crippen molar-refractivity contribution in [2.45, 2.75) is 0 Å². The van der Waals surface area contributed by atoms with Gasteiger partial charge in [0.05, 0.1) is 138 Å². The lowest BCUT2D eigenvalue weighted by Gasteiger charge is -2.09. The fourth-order valence-electron chi connectivity index (χ4n) is 2.96. The van der Waals surface area contributed by atoms with E-state index in [-0.39, 0.29) is 0 Å². The second-order valence-electron chi connectivity index (χ2n) is 8.20. The monoisotopic (exact) mass is 703 g/mol. The third-order valence-electron chi connectivity index (χ3n) is 4.97. The number of ether oxygens (including phenoxy) is 11. The van der Waals surface area contributed by atoms with Gasteiger partial charge in [-0.3, -0.25) is 0 Å². The molecule has 1 aromatic carbocycles. The second-order valence-corrected chi connectivity index (χ2v) is 9.28. The summed E-state index contributed by atoms with van der Waals surface area (Å²) in [7, 11) is 0. The number of para-hydroxylation sites is 2. The first-order valence-corrected chi connectivity index (χ1v) is 15.7. The zero-order chi connectivity index (χ0) is 29.3. The number of alkyl halides is 1. The number of hydrogen-bond acceptors (Lipinski definition) is 12. The number of benzene rings is 1. The highest BCUT2D eigenvalue weighted by molar-refractivity contribution is 14.1. The number of nitrogen functional groups attached to an aromatic ring is 1. The van der Waals surface area contributed by atoms with Gasteiger partial charge in [0, 0.05) is 4.43 Å². The van der Waals surface area contributed by atoms with Gasteiger partial charge in [-0.1, -0.05) is 34.7 Å². The van der Waals surface area contributed by atoms with Crippen molar-refractivity contribution in [3.63, 3.8) is 0 Å². The van der Waals surface area contributed by atoms with E-state index in [1.165, 1.54) is 0 Å². The molecule has 1 aromatic rings. The molecule has 0 saturated heterocycles. The lowest BCUT2D eigenvalue weighted by Crippen LogP contribution is -2.15. The van der Waals surface area contributed by atoms with Gasteiger partial charge < -0.3 is 57.8 Å². The smallest absolute Gasteiger partial charge is 0.142 e. The van der Waals surface area contributed by atoms with Gasteiger partial charge in [0.25, 0.3) is 0 Å². The molecule has 0 atom stereocenters. The van der Waals surface area contributed by atoms with Crippen LogP contribution in [0.5, 0.6) is 5.75 Å². The second kappa shape index (κ2) is 32.1. The molecule has 13 heteroatoms. The van der Waals surface area contributed by atoms with E-state index in [1.807, 2.05) is 18.2 Å². The van der Waals surface area contributed by atoms with E-state index in [0.717, 1.165) is 11.0 Å². The van der Waals surface area contributed by atoms with E-state index in [1.54, 1.807) is 6.07 Å². The predicted molar refractivity (Wildman–Crippen MR) is 163 cm³/mol. The van der Waals surface area contributed by atoms with E-state index >= 15 is 0 Å². The average Bonchev–Trinajstić information content (AvgIpc) is 2.98. The maximum absolute atomic E-state index is 5.81. The first kappa shape index (κ1) is 38.2. The molecule has 0 amide bonds. The molecule has 0 aliphatic rings. The normalized spacial score (nSPS) is 11.3. The summed E-state index contributed by atoms with van der Waals surface area (Å²) in [6.45, 7) is 11.2. The zero-order valence-electron chi connectivity index (χ0n) is 24.3. The van der Waals surface area contributed by atoms with Crippen LogP contribution in [0.3, 0.4) is 0 Å². The lowest BCUT2D eigenvalue weighted by molar-refractivity contribution is -0.0265. The molecule has 0 bridgehead atoms. The molecular weight excluding hydrogens is 653 g/mol. The van der Waals surface area contributed by atoms with Crippen LogP contribution in [0.4, 0.5) is 5.69 Å². The minimum atomic E-state index is 0.441. The Bertz CT molecular complexity index is 663. The van der Waals surface area contributed by atoms with Crippen LogP contribution in [0, 0.1) is 0 Å². The molecule has 41 heavy (non-hydrogen) atoms. The molecule has 0 aliphatic carbocycles. The Morgan fingerprint density at radius 1 is 0.390 bits per heavy atom. The molecular formula is C28H50INO11. The quantitative estimate of drug-likeness (QED) is 0.0500. The number of nitrogens with two attached hydrogens (primary N) is 1. The van der Waals surface area contributed by atoms with Crippen molar-refractivity contribution in [1.29, 1.82) is 0 Å². The van der Waals surface area contributed by atoms with Crippen LogP contribution in [-0.4, -0.2) is 143 Å². The van der Waals surface area contributed by atoms with Gasteiger partial charge >= 0.3 is 0 Å². The van der Waals surface area contributed by atoms with Crippen LogP contribution in [0.2, 0.25) is 0 Å².